The third kappa shape index (κ3) is 7.51. The summed E-state index contributed by atoms with van der Waals surface area (Å²) in [5, 5.41) is 6.24. The molecular formula is C35H37N5O5S2. The van der Waals surface area contributed by atoms with E-state index in [0.29, 0.717) is 52.7 Å². The maximum atomic E-state index is 13.5. The summed E-state index contributed by atoms with van der Waals surface area (Å²) in [5.41, 5.74) is 4.01. The zero-order valence-electron chi connectivity index (χ0n) is 26.0. The van der Waals surface area contributed by atoms with E-state index in [1.165, 1.54) is 29.1 Å². The molecule has 6 rings (SSSR count). The molecule has 0 bridgehead atoms. The lowest BCUT2D eigenvalue weighted by Gasteiger charge is -2.30. The quantitative estimate of drug-likeness (QED) is 0.175. The zero-order valence-corrected chi connectivity index (χ0v) is 27.6. The Labute approximate surface area is 276 Å². The van der Waals surface area contributed by atoms with Crippen molar-refractivity contribution >= 4 is 60.0 Å². The monoisotopic (exact) mass is 671 g/mol. The molecule has 4 aromatic carbocycles. The minimum atomic E-state index is -3.95. The molecule has 12 heteroatoms. The van der Waals surface area contributed by atoms with Gasteiger partial charge in [0.25, 0.3) is 15.9 Å². The molecular weight excluding hydrogens is 635 g/mol. The van der Waals surface area contributed by atoms with Crippen molar-refractivity contribution in [2.45, 2.75) is 24.2 Å². The fourth-order valence-electron chi connectivity index (χ4n) is 5.92. The van der Waals surface area contributed by atoms with Gasteiger partial charge < -0.3 is 15.5 Å². The molecule has 0 aliphatic carbocycles. The highest BCUT2D eigenvalue weighted by molar-refractivity contribution is 7.92. The fourth-order valence-corrected chi connectivity index (χ4v) is 7.93. The van der Waals surface area contributed by atoms with Crippen LogP contribution >= 0.6 is 0 Å². The summed E-state index contributed by atoms with van der Waals surface area (Å²) in [7, 11) is -7.47. The van der Waals surface area contributed by atoms with Crippen molar-refractivity contribution in [2.75, 3.05) is 52.1 Å². The Hall–Kier alpha value is -4.65. The van der Waals surface area contributed by atoms with Gasteiger partial charge in [-0.05, 0) is 86.1 Å². The Kier molecular flexibility index (Phi) is 9.35. The van der Waals surface area contributed by atoms with Crippen LogP contribution in [0, 0.1) is 0 Å². The first-order valence-electron chi connectivity index (χ1n) is 15.5. The Morgan fingerprint density at radius 1 is 0.809 bits per heavy atom. The number of nitrogens with zero attached hydrogens (tertiary/aromatic N) is 2. The van der Waals surface area contributed by atoms with Gasteiger partial charge in [-0.1, -0.05) is 55.0 Å². The summed E-state index contributed by atoms with van der Waals surface area (Å²) < 4.78 is 56.2. The number of carbonyl (C=O) groups excluding carboxylic acids is 1. The highest BCUT2D eigenvalue weighted by Crippen LogP contribution is 2.39. The lowest BCUT2D eigenvalue weighted by atomic mass is 10.00. The van der Waals surface area contributed by atoms with Crippen molar-refractivity contribution < 1.29 is 21.6 Å². The Morgan fingerprint density at radius 2 is 1.47 bits per heavy atom. The van der Waals surface area contributed by atoms with Crippen molar-refractivity contribution in [3.8, 4) is 0 Å². The molecule has 0 saturated carbocycles. The highest BCUT2D eigenvalue weighted by atomic mass is 32.2. The van der Waals surface area contributed by atoms with Crippen molar-refractivity contribution in [3.05, 3.63) is 114 Å². The van der Waals surface area contributed by atoms with E-state index in [1.54, 1.807) is 60.7 Å². The van der Waals surface area contributed by atoms with Crippen LogP contribution in [0.25, 0.3) is 11.3 Å². The predicted octanol–water partition coefficient (Wildman–Crippen LogP) is 5.67. The fraction of sp³-hybridized carbons (Fsp3) is 0.229. The van der Waals surface area contributed by atoms with Crippen LogP contribution in [0.1, 0.15) is 30.4 Å². The largest absolute Gasteiger partial charge is 0.354 e. The number of fused-ring (bicyclic) bond motifs is 1. The van der Waals surface area contributed by atoms with Gasteiger partial charge in [0.2, 0.25) is 10.0 Å². The maximum Gasteiger partial charge on any atom is 0.261 e. The smallest absolute Gasteiger partial charge is 0.261 e. The van der Waals surface area contributed by atoms with Crippen molar-refractivity contribution in [2.24, 2.45) is 0 Å². The minimum absolute atomic E-state index is 0.0105. The Balaban J connectivity index is 1.33. The van der Waals surface area contributed by atoms with E-state index in [2.05, 4.69) is 20.3 Å². The SMILES string of the molecule is CS(=O)(=O)N(CCN1CCCCC1)c1ccc(N/C(=C2\C(=O)Nc3ccc(S(=O)(=O)Nc4ccccc4)cc32)c2ccccc2)cc1. The van der Waals surface area contributed by atoms with Crippen LogP contribution in [0.2, 0.25) is 0 Å². The number of anilines is 4. The molecule has 2 heterocycles. The number of amides is 1. The van der Waals surface area contributed by atoms with Crippen molar-refractivity contribution in [1.82, 2.24) is 4.90 Å². The average Bonchev–Trinajstić information content (AvgIpc) is 3.39. The second-order valence-corrected chi connectivity index (χ2v) is 15.2. The molecule has 1 saturated heterocycles. The molecule has 1 fully saturated rings. The Morgan fingerprint density at radius 3 is 2.13 bits per heavy atom. The number of hydrogen-bond acceptors (Lipinski definition) is 7. The van der Waals surface area contributed by atoms with Crippen LogP contribution in [0.5, 0.6) is 0 Å². The molecule has 47 heavy (non-hydrogen) atoms. The second-order valence-electron chi connectivity index (χ2n) is 11.7. The van der Waals surface area contributed by atoms with Gasteiger partial charge in [-0.3, -0.25) is 13.8 Å². The summed E-state index contributed by atoms with van der Waals surface area (Å²) in [4.78, 5) is 15.8. The molecule has 0 atom stereocenters. The molecule has 10 nitrogen and oxygen atoms in total. The molecule has 1 amide bonds. The van der Waals surface area contributed by atoms with E-state index < -0.39 is 20.0 Å². The third-order valence-electron chi connectivity index (χ3n) is 8.28. The third-order valence-corrected chi connectivity index (χ3v) is 10.9. The first-order chi connectivity index (χ1) is 22.6. The number of likely N-dealkylation sites (tertiary alicyclic amines) is 1. The van der Waals surface area contributed by atoms with E-state index in [4.69, 9.17) is 0 Å². The molecule has 4 aromatic rings. The van der Waals surface area contributed by atoms with E-state index in [9.17, 15) is 21.6 Å². The number of piperidine rings is 1. The molecule has 244 valence electrons. The minimum Gasteiger partial charge on any atom is -0.354 e. The molecule has 2 aliphatic heterocycles. The molecule has 0 unspecified atom stereocenters. The van der Waals surface area contributed by atoms with Crippen molar-refractivity contribution in [3.63, 3.8) is 0 Å². The highest BCUT2D eigenvalue weighted by Gasteiger charge is 2.30. The van der Waals surface area contributed by atoms with Crippen LogP contribution < -0.4 is 19.7 Å². The van der Waals surface area contributed by atoms with Gasteiger partial charge in [0.05, 0.1) is 28.1 Å². The van der Waals surface area contributed by atoms with Crippen LogP contribution in [0.15, 0.2) is 108 Å². The predicted molar refractivity (Wildman–Crippen MR) is 188 cm³/mol. The van der Waals surface area contributed by atoms with Crippen LogP contribution in [0.4, 0.5) is 22.7 Å². The first-order valence-corrected chi connectivity index (χ1v) is 18.8. The lowest BCUT2D eigenvalue weighted by molar-refractivity contribution is -0.110. The van der Waals surface area contributed by atoms with E-state index >= 15 is 0 Å². The lowest BCUT2D eigenvalue weighted by Crippen LogP contribution is -2.40. The van der Waals surface area contributed by atoms with Crippen LogP contribution in [-0.2, 0) is 24.8 Å². The molecule has 0 aromatic heterocycles. The van der Waals surface area contributed by atoms with Gasteiger partial charge in [0.1, 0.15) is 0 Å². The van der Waals surface area contributed by atoms with Crippen molar-refractivity contribution in [1.29, 1.82) is 0 Å². The number of hydrogen-bond donors (Lipinski definition) is 3. The number of para-hydroxylation sites is 1. The van der Waals surface area contributed by atoms with Gasteiger partial charge >= 0.3 is 0 Å². The van der Waals surface area contributed by atoms with Gasteiger partial charge in [-0.25, -0.2) is 16.8 Å². The summed E-state index contributed by atoms with van der Waals surface area (Å²) in [6, 6.07) is 29.5. The zero-order chi connectivity index (χ0) is 33.0. The normalized spacial score (nSPS) is 16.2. The van der Waals surface area contributed by atoms with Crippen LogP contribution in [-0.4, -0.2) is 60.1 Å². The van der Waals surface area contributed by atoms with E-state index in [-0.39, 0.29) is 16.4 Å². The number of carbonyl (C=O) groups is 1. The molecule has 2 aliphatic rings. The van der Waals surface area contributed by atoms with E-state index in [1.807, 2.05) is 30.3 Å². The first kappa shape index (κ1) is 32.3. The summed E-state index contributed by atoms with van der Waals surface area (Å²) >= 11 is 0. The van der Waals surface area contributed by atoms with Gasteiger partial charge in [-0.15, -0.1) is 0 Å². The van der Waals surface area contributed by atoms with Crippen LogP contribution in [0.3, 0.4) is 0 Å². The summed E-state index contributed by atoms with van der Waals surface area (Å²) in [5.74, 6) is -0.380. The average molecular weight is 672 g/mol. The molecule has 3 N–H and O–H groups in total. The standard InChI is InChI=1S/C35H37N5O5S2/c1-46(42,43)40(24-23-39-21-9-4-10-22-39)29-17-15-27(16-18-29)36-34(26-11-5-2-6-12-26)33-31-25-30(19-20-32(31)37-35(33)41)47(44,45)38-28-13-7-3-8-14-28/h2-3,5-8,11-20,25,36,38H,4,9-10,21-24H2,1H3,(H,37,41)/b34-33-. The van der Waals surface area contributed by atoms with Gasteiger partial charge in [-0.2, -0.15) is 0 Å². The number of sulfonamides is 2. The topological polar surface area (TPSA) is 128 Å². The Bertz CT molecular complexity index is 1990. The molecule has 0 radical (unpaired) electrons. The summed E-state index contributed by atoms with van der Waals surface area (Å²) in [6.07, 6.45) is 4.68. The number of benzene rings is 4. The summed E-state index contributed by atoms with van der Waals surface area (Å²) in [6.45, 7) is 2.97. The number of nitrogens with one attached hydrogen (secondary N) is 3. The molecule has 0 spiro atoms. The van der Waals surface area contributed by atoms with E-state index in [0.717, 1.165) is 25.9 Å². The maximum absolute atomic E-state index is 13.5. The second kappa shape index (κ2) is 13.6. The van der Waals surface area contributed by atoms with Gasteiger partial charge in [0, 0.05) is 35.7 Å². The van der Waals surface area contributed by atoms with Gasteiger partial charge in [0.15, 0.2) is 0 Å². The number of rotatable bonds is 11.